The van der Waals surface area contributed by atoms with Crippen molar-refractivity contribution in [3.8, 4) is 5.75 Å². The highest BCUT2D eigenvalue weighted by Crippen LogP contribution is 2.33. The van der Waals surface area contributed by atoms with Crippen LogP contribution in [0.2, 0.25) is 5.02 Å². The lowest BCUT2D eigenvalue weighted by atomic mass is 10.1. The third kappa shape index (κ3) is 3.21. The van der Waals surface area contributed by atoms with Crippen molar-refractivity contribution >= 4 is 27.6 Å². The second-order valence-corrected chi connectivity index (χ2v) is 7.24. The van der Waals surface area contributed by atoms with Crippen LogP contribution in [0.3, 0.4) is 0 Å². The van der Waals surface area contributed by atoms with E-state index < -0.39 is 22.0 Å². The van der Waals surface area contributed by atoms with Crippen molar-refractivity contribution in [3.63, 3.8) is 0 Å². The highest BCUT2D eigenvalue weighted by molar-refractivity contribution is 7.89. The van der Waals surface area contributed by atoms with E-state index in [1.54, 1.807) is 6.07 Å². The highest BCUT2D eigenvalue weighted by Gasteiger charge is 2.39. The van der Waals surface area contributed by atoms with Gasteiger partial charge >= 0.3 is 5.97 Å². The smallest absolute Gasteiger partial charge is 0.324 e. The van der Waals surface area contributed by atoms with E-state index in [1.807, 2.05) is 0 Å². The number of hydrogen-bond donors (Lipinski definition) is 0. The van der Waals surface area contributed by atoms with Crippen LogP contribution in [0.1, 0.15) is 19.3 Å². The van der Waals surface area contributed by atoms with Crippen molar-refractivity contribution in [1.29, 1.82) is 0 Å². The Morgan fingerprint density at radius 3 is 2.68 bits per heavy atom. The summed E-state index contributed by atoms with van der Waals surface area (Å²) in [6.45, 7) is 0.262. The molecule has 0 unspecified atom stereocenters. The largest absolute Gasteiger partial charge is 0.495 e. The Morgan fingerprint density at radius 1 is 1.32 bits per heavy atom. The highest BCUT2D eigenvalue weighted by atomic mass is 35.5. The van der Waals surface area contributed by atoms with Crippen molar-refractivity contribution in [2.45, 2.75) is 30.2 Å². The number of methoxy groups -OCH3 is 2. The maximum absolute atomic E-state index is 12.9. The number of piperidine rings is 1. The lowest BCUT2D eigenvalue weighted by Crippen LogP contribution is -2.48. The minimum absolute atomic E-state index is 0.0432. The number of carbonyl (C=O) groups excluding carboxylic acids is 1. The van der Waals surface area contributed by atoms with Crippen LogP contribution in [0.15, 0.2) is 23.1 Å². The molecule has 0 radical (unpaired) electrons. The molecular formula is C14H18ClNO5S. The van der Waals surface area contributed by atoms with E-state index in [2.05, 4.69) is 0 Å². The zero-order chi connectivity index (χ0) is 16.3. The Kier molecular flexibility index (Phi) is 5.31. The summed E-state index contributed by atoms with van der Waals surface area (Å²) < 4.78 is 36.9. The van der Waals surface area contributed by atoms with Gasteiger partial charge in [0.1, 0.15) is 16.7 Å². The third-order valence-corrected chi connectivity index (χ3v) is 5.80. The fourth-order valence-corrected chi connectivity index (χ4v) is 4.61. The molecule has 0 spiro atoms. The Balaban J connectivity index is 2.48. The van der Waals surface area contributed by atoms with Gasteiger partial charge in [0.05, 0.1) is 14.2 Å². The second-order valence-electron chi connectivity index (χ2n) is 4.95. The minimum Gasteiger partial charge on any atom is -0.495 e. The summed E-state index contributed by atoms with van der Waals surface area (Å²) in [6.07, 6.45) is 1.91. The molecule has 1 aliphatic rings. The first-order valence-corrected chi connectivity index (χ1v) is 8.67. The maximum atomic E-state index is 12.9. The van der Waals surface area contributed by atoms with Crippen molar-refractivity contribution in [3.05, 3.63) is 23.2 Å². The number of halogens is 1. The molecule has 0 aliphatic carbocycles. The maximum Gasteiger partial charge on any atom is 0.324 e. The van der Waals surface area contributed by atoms with Gasteiger partial charge in [0.25, 0.3) is 0 Å². The number of esters is 1. The molecule has 1 aromatic carbocycles. The number of carbonyl (C=O) groups is 1. The number of ether oxygens (including phenoxy) is 2. The average Bonchev–Trinajstić information content (AvgIpc) is 2.54. The molecule has 1 aliphatic heterocycles. The van der Waals surface area contributed by atoms with E-state index in [1.165, 1.54) is 30.7 Å². The molecule has 6 nitrogen and oxygen atoms in total. The van der Waals surface area contributed by atoms with Gasteiger partial charge in [-0.3, -0.25) is 4.79 Å². The van der Waals surface area contributed by atoms with Crippen LogP contribution >= 0.6 is 11.6 Å². The van der Waals surface area contributed by atoms with Gasteiger partial charge in [-0.15, -0.1) is 0 Å². The standard InChI is InChI=1S/C14H18ClNO5S/c1-20-12-7-6-10(15)9-13(12)22(18,19)16-8-4-3-5-11(16)14(17)21-2/h6-7,9,11H,3-5,8H2,1-2H3/t11-/m1/s1. The Morgan fingerprint density at radius 2 is 2.05 bits per heavy atom. The quantitative estimate of drug-likeness (QED) is 0.779. The van der Waals surface area contributed by atoms with Crippen LogP contribution in [-0.4, -0.2) is 45.5 Å². The third-order valence-electron chi connectivity index (χ3n) is 3.64. The molecule has 1 fully saturated rings. The summed E-state index contributed by atoms with van der Waals surface area (Å²) in [5, 5.41) is 0.283. The lowest BCUT2D eigenvalue weighted by Gasteiger charge is -2.33. The molecule has 1 aromatic rings. The van der Waals surface area contributed by atoms with E-state index in [0.717, 1.165) is 6.42 Å². The summed E-state index contributed by atoms with van der Waals surface area (Å²) >= 11 is 5.91. The van der Waals surface area contributed by atoms with Gasteiger partial charge < -0.3 is 9.47 Å². The summed E-state index contributed by atoms with van der Waals surface area (Å²) in [6, 6.07) is 3.56. The zero-order valence-corrected chi connectivity index (χ0v) is 14.0. The lowest BCUT2D eigenvalue weighted by molar-refractivity contribution is -0.146. The van der Waals surface area contributed by atoms with Crippen LogP contribution in [-0.2, 0) is 19.6 Å². The summed E-state index contributed by atoms with van der Waals surface area (Å²) in [7, 11) is -1.27. The first-order chi connectivity index (χ1) is 10.4. The van der Waals surface area contributed by atoms with Gasteiger partial charge in [-0.1, -0.05) is 11.6 Å². The van der Waals surface area contributed by atoms with Crippen LogP contribution in [0.25, 0.3) is 0 Å². The van der Waals surface area contributed by atoms with Gasteiger partial charge in [0.15, 0.2) is 0 Å². The van der Waals surface area contributed by atoms with Crippen molar-refractivity contribution in [2.24, 2.45) is 0 Å². The molecule has 1 saturated heterocycles. The molecule has 0 bridgehead atoms. The number of benzene rings is 1. The normalized spacial score (nSPS) is 19.7. The van der Waals surface area contributed by atoms with E-state index in [9.17, 15) is 13.2 Å². The molecule has 0 aromatic heterocycles. The van der Waals surface area contributed by atoms with Crippen molar-refractivity contribution in [2.75, 3.05) is 20.8 Å². The van der Waals surface area contributed by atoms with E-state index in [0.29, 0.717) is 12.8 Å². The summed E-state index contributed by atoms with van der Waals surface area (Å²) in [4.78, 5) is 11.8. The molecular weight excluding hydrogens is 330 g/mol. The fourth-order valence-electron chi connectivity index (χ4n) is 2.54. The number of sulfonamides is 1. The monoisotopic (exact) mass is 347 g/mol. The van der Waals surface area contributed by atoms with Gasteiger partial charge in [-0.25, -0.2) is 8.42 Å². The van der Waals surface area contributed by atoms with Crippen LogP contribution < -0.4 is 4.74 Å². The van der Waals surface area contributed by atoms with Crippen LogP contribution in [0, 0.1) is 0 Å². The molecule has 22 heavy (non-hydrogen) atoms. The zero-order valence-electron chi connectivity index (χ0n) is 12.4. The van der Waals surface area contributed by atoms with Crippen molar-refractivity contribution in [1.82, 2.24) is 4.31 Å². The van der Waals surface area contributed by atoms with Gasteiger partial charge in [0, 0.05) is 11.6 Å². The fraction of sp³-hybridized carbons (Fsp3) is 0.500. The van der Waals surface area contributed by atoms with E-state index in [4.69, 9.17) is 21.1 Å². The predicted octanol–water partition coefficient (Wildman–Crippen LogP) is 2.06. The first kappa shape index (κ1) is 17.1. The molecule has 8 heteroatoms. The molecule has 1 atom stereocenters. The van der Waals surface area contributed by atoms with Crippen LogP contribution in [0.5, 0.6) is 5.75 Å². The molecule has 0 amide bonds. The van der Waals surface area contributed by atoms with Gasteiger partial charge in [-0.05, 0) is 37.5 Å². The number of nitrogens with zero attached hydrogens (tertiary/aromatic N) is 1. The Labute approximate surface area is 135 Å². The molecule has 0 saturated carbocycles. The average molecular weight is 348 g/mol. The SMILES string of the molecule is COC(=O)[C@H]1CCCCN1S(=O)(=O)c1cc(Cl)ccc1OC. The molecule has 122 valence electrons. The Hall–Kier alpha value is -1.31. The number of hydrogen-bond acceptors (Lipinski definition) is 5. The van der Waals surface area contributed by atoms with Gasteiger partial charge in [-0.2, -0.15) is 4.31 Å². The van der Waals surface area contributed by atoms with E-state index in [-0.39, 0.29) is 22.2 Å². The minimum atomic E-state index is -3.91. The summed E-state index contributed by atoms with van der Waals surface area (Å²) in [5.41, 5.74) is 0. The number of rotatable bonds is 4. The second kappa shape index (κ2) is 6.85. The summed E-state index contributed by atoms with van der Waals surface area (Å²) in [5.74, 6) is -0.358. The topological polar surface area (TPSA) is 72.9 Å². The molecule has 0 N–H and O–H groups in total. The first-order valence-electron chi connectivity index (χ1n) is 6.85. The predicted molar refractivity (Wildman–Crippen MR) is 81.6 cm³/mol. The van der Waals surface area contributed by atoms with Gasteiger partial charge in [0.2, 0.25) is 10.0 Å². The van der Waals surface area contributed by atoms with E-state index >= 15 is 0 Å². The molecule has 1 heterocycles. The Bertz CT molecular complexity index is 661. The van der Waals surface area contributed by atoms with Crippen LogP contribution in [0.4, 0.5) is 0 Å². The molecule has 2 rings (SSSR count). The van der Waals surface area contributed by atoms with Crippen molar-refractivity contribution < 1.29 is 22.7 Å².